The van der Waals surface area contributed by atoms with Crippen LogP contribution in [-0.2, 0) is 24.2 Å². The molecule has 3 amide bonds. The molecule has 1 fully saturated rings. The summed E-state index contributed by atoms with van der Waals surface area (Å²) in [6, 6.07) is -0.281. The van der Waals surface area contributed by atoms with Gasteiger partial charge in [0.2, 0.25) is 5.91 Å². The van der Waals surface area contributed by atoms with Gasteiger partial charge < -0.3 is 5.32 Å². The Labute approximate surface area is 184 Å². The molecule has 9 heteroatoms. The second-order valence-electron chi connectivity index (χ2n) is 8.27. The predicted octanol–water partition coefficient (Wildman–Crippen LogP) is 3.46. The van der Waals surface area contributed by atoms with Crippen molar-refractivity contribution >= 4 is 45.3 Å². The summed E-state index contributed by atoms with van der Waals surface area (Å²) in [5.74, 6) is 0.289. The minimum atomic E-state index is -0.441. The quantitative estimate of drug-likeness (QED) is 0.540. The molecule has 2 aliphatic rings. The standard InChI is InChI=1S/C21H28N4O3S2/c1-3-25-19(27)17-14-9-8-12(2)10-15(14)30-18(17)24-21(25)29-11-16(26)23-20(28)22-13-6-4-5-7-13/h12-13H,3-11H2,1-2H3,(H2,22,23,26,28). The second-order valence-corrected chi connectivity index (χ2v) is 10.3. The molecule has 1 unspecified atom stereocenters. The van der Waals surface area contributed by atoms with E-state index in [2.05, 4.69) is 17.6 Å². The van der Waals surface area contributed by atoms with Crippen LogP contribution in [0.1, 0.15) is 56.4 Å². The highest BCUT2D eigenvalue weighted by molar-refractivity contribution is 7.99. The fourth-order valence-corrected chi connectivity index (χ4v) is 6.67. The van der Waals surface area contributed by atoms with Crippen LogP contribution in [0.2, 0.25) is 0 Å². The topological polar surface area (TPSA) is 93.1 Å². The van der Waals surface area contributed by atoms with E-state index < -0.39 is 6.03 Å². The summed E-state index contributed by atoms with van der Waals surface area (Å²) in [6.07, 6.45) is 7.19. The zero-order valence-corrected chi connectivity index (χ0v) is 19.1. The number of carbonyl (C=O) groups is 2. The van der Waals surface area contributed by atoms with Crippen molar-refractivity contribution in [1.29, 1.82) is 0 Å². The average Bonchev–Trinajstić information content (AvgIpc) is 3.33. The van der Waals surface area contributed by atoms with E-state index >= 15 is 0 Å². The largest absolute Gasteiger partial charge is 0.335 e. The minimum Gasteiger partial charge on any atom is -0.335 e. The zero-order chi connectivity index (χ0) is 21.3. The number of hydrogen-bond donors (Lipinski definition) is 2. The minimum absolute atomic E-state index is 0.0172. The number of rotatable bonds is 5. The third kappa shape index (κ3) is 4.42. The molecule has 2 aromatic rings. The number of nitrogens with one attached hydrogen (secondary N) is 2. The van der Waals surface area contributed by atoms with Crippen LogP contribution in [0.4, 0.5) is 4.79 Å². The van der Waals surface area contributed by atoms with Crippen molar-refractivity contribution in [3.05, 3.63) is 20.8 Å². The number of aryl methyl sites for hydroxylation is 1. The van der Waals surface area contributed by atoms with Crippen LogP contribution in [0.15, 0.2) is 9.95 Å². The summed E-state index contributed by atoms with van der Waals surface area (Å²) >= 11 is 2.82. The van der Waals surface area contributed by atoms with Gasteiger partial charge in [-0.15, -0.1) is 11.3 Å². The summed E-state index contributed by atoms with van der Waals surface area (Å²) < 4.78 is 1.64. The van der Waals surface area contributed by atoms with Gasteiger partial charge in [-0.2, -0.15) is 0 Å². The van der Waals surface area contributed by atoms with E-state index in [4.69, 9.17) is 4.98 Å². The van der Waals surface area contributed by atoms with Crippen LogP contribution in [0.5, 0.6) is 0 Å². The number of amides is 3. The van der Waals surface area contributed by atoms with Gasteiger partial charge >= 0.3 is 6.03 Å². The summed E-state index contributed by atoms with van der Waals surface area (Å²) in [6.45, 7) is 4.65. The number of fused-ring (bicyclic) bond motifs is 3. The van der Waals surface area contributed by atoms with Gasteiger partial charge in [0.25, 0.3) is 5.56 Å². The Bertz CT molecular complexity index is 1020. The molecule has 4 rings (SSSR count). The van der Waals surface area contributed by atoms with Crippen LogP contribution in [0, 0.1) is 5.92 Å². The number of imide groups is 1. The fraction of sp³-hybridized carbons (Fsp3) is 0.619. The molecule has 0 radical (unpaired) electrons. The number of thiophene rings is 1. The molecule has 2 heterocycles. The summed E-state index contributed by atoms with van der Waals surface area (Å²) in [5, 5.41) is 6.53. The smallest absolute Gasteiger partial charge is 0.321 e. The predicted molar refractivity (Wildman–Crippen MR) is 120 cm³/mol. The molecule has 7 nitrogen and oxygen atoms in total. The molecule has 2 aromatic heterocycles. The van der Waals surface area contributed by atoms with E-state index in [0.717, 1.165) is 55.2 Å². The van der Waals surface area contributed by atoms with Gasteiger partial charge in [0.05, 0.1) is 11.1 Å². The van der Waals surface area contributed by atoms with Crippen LogP contribution in [-0.4, -0.2) is 33.3 Å². The number of nitrogens with zero attached hydrogens (tertiary/aromatic N) is 2. The number of hydrogen-bond acceptors (Lipinski definition) is 6. The van der Waals surface area contributed by atoms with Gasteiger partial charge in [0, 0.05) is 17.5 Å². The van der Waals surface area contributed by atoms with Crippen LogP contribution < -0.4 is 16.2 Å². The van der Waals surface area contributed by atoms with Crippen molar-refractivity contribution in [2.75, 3.05) is 5.75 Å². The second kappa shape index (κ2) is 9.09. The number of aromatic nitrogens is 2. The number of urea groups is 1. The lowest BCUT2D eigenvalue weighted by Gasteiger charge is -2.17. The number of thioether (sulfide) groups is 1. The highest BCUT2D eigenvalue weighted by Gasteiger charge is 2.25. The summed E-state index contributed by atoms with van der Waals surface area (Å²) in [7, 11) is 0. The van der Waals surface area contributed by atoms with Crippen LogP contribution in [0.25, 0.3) is 10.2 Å². The first-order valence-corrected chi connectivity index (χ1v) is 12.5. The van der Waals surface area contributed by atoms with E-state index in [-0.39, 0.29) is 23.3 Å². The molecule has 1 saturated carbocycles. The first kappa shape index (κ1) is 21.4. The molecule has 0 saturated heterocycles. The lowest BCUT2D eigenvalue weighted by Crippen LogP contribution is -2.44. The third-order valence-electron chi connectivity index (χ3n) is 5.97. The maximum Gasteiger partial charge on any atom is 0.321 e. The Kier molecular flexibility index (Phi) is 6.48. The van der Waals surface area contributed by atoms with Crippen molar-refractivity contribution in [2.24, 2.45) is 5.92 Å². The zero-order valence-electron chi connectivity index (χ0n) is 17.5. The molecule has 30 heavy (non-hydrogen) atoms. The Balaban J connectivity index is 1.47. The van der Waals surface area contributed by atoms with Crippen LogP contribution >= 0.6 is 23.1 Å². The Morgan fingerprint density at radius 2 is 2.03 bits per heavy atom. The maximum atomic E-state index is 13.2. The van der Waals surface area contributed by atoms with Gasteiger partial charge in [-0.05, 0) is 50.5 Å². The maximum absolute atomic E-state index is 13.2. The molecule has 0 aliphatic heterocycles. The van der Waals surface area contributed by atoms with Gasteiger partial charge in [0.1, 0.15) is 4.83 Å². The fourth-order valence-electron chi connectivity index (χ4n) is 4.38. The normalized spacial score (nSPS) is 19.1. The van der Waals surface area contributed by atoms with E-state index in [0.29, 0.717) is 17.6 Å². The molecular formula is C21H28N4O3S2. The van der Waals surface area contributed by atoms with Crippen molar-refractivity contribution in [1.82, 2.24) is 20.2 Å². The molecule has 162 valence electrons. The first-order valence-electron chi connectivity index (χ1n) is 10.7. The highest BCUT2D eigenvalue weighted by Crippen LogP contribution is 2.36. The van der Waals surface area contributed by atoms with Crippen molar-refractivity contribution < 1.29 is 9.59 Å². The van der Waals surface area contributed by atoms with E-state index in [1.54, 1.807) is 15.9 Å². The highest BCUT2D eigenvalue weighted by atomic mass is 32.2. The average molecular weight is 449 g/mol. The van der Waals surface area contributed by atoms with Gasteiger partial charge in [0.15, 0.2) is 5.16 Å². The van der Waals surface area contributed by atoms with Crippen molar-refractivity contribution in [3.8, 4) is 0 Å². The van der Waals surface area contributed by atoms with Crippen LogP contribution in [0.3, 0.4) is 0 Å². The molecule has 2 aliphatic carbocycles. The molecular weight excluding hydrogens is 420 g/mol. The summed E-state index contributed by atoms with van der Waals surface area (Å²) in [4.78, 5) is 44.2. The molecule has 1 atom stereocenters. The number of carbonyl (C=O) groups excluding carboxylic acids is 2. The lowest BCUT2D eigenvalue weighted by atomic mass is 9.89. The monoisotopic (exact) mass is 448 g/mol. The van der Waals surface area contributed by atoms with Gasteiger partial charge in [-0.3, -0.25) is 19.5 Å². The Morgan fingerprint density at radius 3 is 2.77 bits per heavy atom. The van der Waals surface area contributed by atoms with Crippen molar-refractivity contribution in [3.63, 3.8) is 0 Å². The van der Waals surface area contributed by atoms with Crippen molar-refractivity contribution in [2.45, 2.75) is 76.5 Å². The molecule has 0 spiro atoms. The molecule has 0 aromatic carbocycles. The Morgan fingerprint density at radius 1 is 1.27 bits per heavy atom. The van der Waals surface area contributed by atoms with E-state index in [1.165, 1.54) is 22.2 Å². The van der Waals surface area contributed by atoms with E-state index in [9.17, 15) is 14.4 Å². The summed E-state index contributed by atoms with van der Waals surface area (Å²) in [5.41, 5.74) is 1.15. The SMILES string of the molecule is CCn1c(SCC(=O)NC(=O)NC2CCCC2)nc2sc3c(c2c1=O)CCC(C)C3. The lowest BCUT2D eigenvalue weighted by molar-refractivity contribution is -0.117. The van der Waals surface area contributed by atoms with Gasteiger partial charge in [-0.25, -0.2) is 9.78 Å². The Hall–Kier alpha value is -1.87. The third-order valence-corrected chi connectivity index (χ3v) is 8.10. The molecule has 2 N–H and O–H groups in total. The van der Waals surface area contributed by atoms with Gasteiger partial charge in [-0.1, -0.05) is 31.5 Å². The van der Waals surface area contributed by atoms with E-state index in [1.807, 2.05) is 6.92 Å². The molecule has 0 bridgehead atoms. The first-order chi connectivity index (χ1) is 14.5.